The first-order valence-corrected chi connectivity index (χ1v) is 9.60. The molecule has 0 unspecified atom stereocenters. The van der Waals surface area contributed by atoms with Crippen LogP contribution in [-0.4, -0.2) is 18.7 Å². The Morgan fingerprint density at radius 2 is 1.57 bits per heavy atom. The summed E-state index contributed by atoms with van der Waals surface area (Å²) < 4.78 is 7.68. The molecule has 0 saturated carbocycles. The number of ether oxygens (including phenoxy) is 1. The molecule has 0 fully saturated rings. The van der Waals surface area contributed by atoms with Crippen LogP contribution in [0.15, 0.2) is 72.8 Å². The van der Waals surface area contributed by atoms with Crippen molar-refractivity contribution >= 4 is 16.6 Å². The quantitative estimate of drug-likeness (QED) is 0.486. The Morgan fingerprint density at radius 3 is 2.29 bits per heavy atom. The Labute approximate surface area is 166 Å². The predicted molar refractivity (Wildman–Crippen MR) is 118 cm³/mol. The average Bonchev–Trinajstić information content (AvgIpc) is 3.00. The van der Waals surface area contributed by atoms with E-state index in [0.717, 1.165) is 11.4 Å². The highest BCUT2D eigenvalue weighted by molar-refractivity contribution is 5.87. The molecule has 4 aromatic rings. The predicted octanol–water partition coefficient (Wildman–Crippen LogP) is 5.72. The van der Waals surface area contributed by atoms with Crippen molar-refractivity contribution in [2.45, 2.75) is 12.8 Å². The lowest BCUT2D eigenvalue weighted by Gasteiger charge is -2.22. The first kappa shape index (κ1) is 18.2. The Balaban J connectivity index is 2.03. The van der Waals surface area contributed by atoms with E-state index in [4.69, 9.17) is 4.74 Å². The number of benzene rings is 3. The lowest BCUT2D eigenvalue weighted by molar-refractivity contribution is 0.414. The van der Waals surface area contributed by atoms with E-state index in [-0.39, 0.29) is 5.92 Å². The van der Waals surface area contributed by atoms with Crippen LogP contribution in [0, 0.1) is 6.92 Å². The largest absolute Gasteiger partial charge is 0.497 e. The van der Waals surface area contributed by atoms with Crippen LogP contribution >= 0.6 is 0 Å². The molecule has 3 heteroatoms. The molecule has 0 saturated heterocycles. The van der Waals surface area contributed by atoms with Gasteiger partial charge in [-0.3, -0.25) is 0 Å². The van der Waals surface area contributed by atoms with Crippen LogP contribution in [-0.2, 0) is 7.05 Å². The summed E-state index contributed by atoms with van der Waals surface area (Å²) >= 11 is 0. The SMILES string of the molecule is CNc1ccccc1[C@H](c1ccc(OC)cc1)c1c(C)n(C)c2ccccc12. The van der Waals surface area contributed by atoms with E-state index in [1.54, 1.807) is 7.11 Å². The van der Waals surface area contributed by atoms with Crippen molar-refractivity contribution < 1.29 is 4.74 Å². The maximum absolute atomic E-state index is 5.39. The van der Waals surface area contributed by atoms with Crippen molar-refractivity contribution in [3.63, 3.8) is 0 Å². The van der Waals surface area contributed by atoms with Crippen LogP contribution in [0.4, 0.5) is 5.69 Å². The second-order valence-electron chi connectivity index (χ2n) is 7.12. The smallest absolute Gasteiger partial charge is 0.118 e. The summed E-state index contributed by atoms with van der Waals surface area (Å²) in [5, 5.41) is 4.68. The Hall–Kier alpha value is -3.20. The number of aromatic nitrogens is 1. The fourth-order valence-electron chi connectivity index (χ4n) is 4.19. The van der Waals surface area contributed by atoms with Gasteiger partial charge in [0, 0.05) is 42.3 Å². The molecule has 1 aromatic heterocycles. The number of rotatable bonds is 5. The van der Waals surface area contributed by atoms with Gasteiger partial charge in [-0.05, 0) is 47.9 Å². The molecule has 0 amide bonds. The molecule has 1 N–H and O–H groups in total. The number of hydrogen-bond donors (Lipinski definition) is 1. The number of para-hydroxylation sites is 2. The maximum Gasteiger partial charge on any atom is 0.118 e. The third kappa shape index (κ3) is 2.93. The maximum atomic E-state index is 5.39. The fourth-order valence-corrected chi connectivity index (χ4v) is 4.19. The van der Waals surface area contributed by atoms with Gasteiger partial charge in [0.2, 0.25) is 0 Å². The van der Waals surface area contributed by atoms with E-state index >= 15 is 0 Å². The highest BCUT2D eigenvalue weighted by Gasteiger charge is 2.25. The standard InChI is InChI=1S/C25H26N2O/c1-17-24(21-10-6-8-12-23(21)27(17)3)25(18-13-15-19(28-4)16-14-18)20-9-5-7-11-22(20)26-2/h5-16,25-26H,1-4H3/t25-/m0/s1. The van der Waals surface area contributed by atoms with E-state index in [2.05, 4.69) is 84.5 Å². The van der Waals surface area contributed by atoms with Gasteiger partial charge < -0.3 is 14.6 Å². The monoisotopic (exact) mass is 370 g/mol. The molecular weight excluding hydrogens is 344 g/mol. The minimum atomic E-state index is 0.126. The van der Waals surface area contributed by atoms with Crippen molar-refractivity contribution in [3.8, 4) is 5.75 Å². The number of fused-ring (bicyclic) bond motifs is 1. The second-order valence-corrected chi connectivity index (χ2v) is 7.12. The average molecular weight is 370 g/mol. The van der Waals surface area contributed by atoms with Crippen molar-refractivity contribution in [2.24, 2.45) is 7.05 Å². The van der Waals surface area contributed by atoms with Crippen molar-refractivity contribution in [1.29, 1.82) is 0 Å². The van der Waals surface area contributed by atoms with Crippen LogP contribution in [0.25, 0.3) is 10.9 Å². The molecule has 1 atom stereocenters. The summed E-state index contributed by atoms with van der Waals surface area (Å²) in [5.74, 6) is 1.000. The highest BCUT2D eigenvalue weighted by Crippen LogP contribution is 2.42. The first-order chi connectivity index (χ1) is 13.7. The van der Waals surface area contributed by atoms with E-state index in [1.807, 2.05) is 19.2 Å². The van der Waals surface area contributed by atoms with Gasteiger partial charge in [0.1, 0.15) is 5.75 Å². The summed E-state index contributed by atoms with van der Waals surface area (Å²) in [7, 11) is 5.84. The van der Waals surface area contributed by atoms with Crippen molar-refractivity contribution in [3.05, 3.63) is 95.2 Å². The molecule has 0 aliphatic carbocycles. The third-order valence-electron chi connectivity index (χ3n) is 5.73. The Kier molecular flexibility index (Phi) is 4.82. The van der Waals surface area contributed by atoms with Crippen LogP contribution in [0.2, 0.25) is 0 Å². The van der Waals surface area contributed by atoms with Gasteiger partial charge in [0.15, 0.2) is 0 Å². The van der Waals surface area contributed by atoms with Gasteiger partial charge in [-0.2, -0.15) is 0 Å². The lowest BCUT2D eigenvalue weighted by atomic mass is 9.82. The van der Waals surface area contributed by atoms with Gasteiger partial charge in [-0.1, -0.05) is 48.5 Å². The fraction of sp³-hybridized carbons (Fsp3) is 0.200. The van der Waals surface area contributed by atoms with Crippen LogP contribution < -0.4 is 10.1 Å². The number of anilines is 1. The van der Waals surface area contributed by atoms with Crippen LogP contribution in [0.3, 0.4) is 0 Å². The lowest BCUT2D eigenvalue weighted by Crippen LogP contribution is -2.08. The molecule has 3 aromatic carbocycles. The molecule has 0 spiro atoms. The summed E-state index contributed by atoms with van der Waals surface area (Å²) in [6, 6.07) is 25.7. The normalized spacial score (nSPS) is 12.1. The van der Waals surface area contributed by atoms with Crippen LogP contribution in [0.5, 0.6) is 5.75 Å². The second kappa shape index (κ2) is 7.43. The molecule has 4 rings (SSSR count). The van der Waals surface area contributed by atoms with E-state index in [0.29, 0.717) is 0 Å². The topological polar surface area (TPSA) is 26.2 Å². The third-order valence-corrected chi connectivity index (χ3v) is 5.73. The van der Waals surface area contributed by atoms with Crippen LogP contribution in [0.1, 0.15) is 28.3 Å². The molecule has 3 nitrogen and oxygen atoms in total. The number of methoxy groups -OCH3 is 1. The zero-order valence-electron chi connectivity index (χ0n) is 16.9. The van der Waals surface area contributed by atoms with Gasteiger partial charge in [0.25, 0.3) is 0 Å². The number of aryl methyl sites for hydroxylation is 1. The molecule has 0 radical (unpaired) electrons. The molecule has 28 heavy (non-hydrogen) atoms. The van der Waals surface area contributed by atoms with Crippen molar-refractivity contribution in [1.82, 2.24) is 4.57 Å². The molecular formula is C25H26N2O. The molecule has 0 aliphatic heterocycles. The zero-order chi connectivity index (χ0) is 19.7. The molecule has 0 bridgehead atoms. The van der Waals surface area contributed by atoms with Crippen molar-refractivity contribution in [2.75, 3.05) is 19.5 Å². The van der Waals surface area contributed by atoms with Gasteiger partial charge in [0.05, 0.1) is 7.11 Å². The van der Waals surface area contributed by atoms with Gasteiger partial charge in [-0.25, -0.2) is 0 Å². The minimum absolute atomic E-state index is 0.126. The number of nitrogens with zero attached hydrogens (tertiary/aromatic N) is 1. The Morgan fingerprint density at radius 1 is 0.893 bits per heavy atom. The summed E-state index contributed by atoms with van der Waals surface area (Å²) in [6.07, 6.45) is 0. The highest BCUT2D eigenvalue weighted by atomic mass is 16.5. The number of hydrogen-bond acceptors (Lipinski definition) is 2. The van der Waals surface area contributed by atoms with E-state index in [1.165, 1.54) is 33.3 Å². The molecule has 1 heterocycles. The Bertz CT molecular complexity index is 1110. The minimum Gasteiger partial charge on any atom is -0.497 e. The summed E-state index contributed by atoms with van der Waals surface area (Å²) in [5.41, 5.74) is 7.57. The molecule has 0 aliphatic rings. The summed E-state index contributed by atoms with van der Waals surface area (Å²) in [4.78, 5) is 0. The van der Waals surface area contributed by atoms with E-state index < -0.39 is 0 Å². The number of nitrogens with one attached hydrogen (secondary N) is 1. The first-order valence-electron chi connectivity index (χ1n) is 9.60. The zero-order valence-corrected chi connectivity index (χ0v) is 16.9. The summed E-state index contributed by atoms with van der Waals surface area (Å²) in [6.45, 7) is 2.22. The van der Waals surface area contributed by atoms with E-state index in [9.17, 15) is 0 Å². The van der Waals surface area contributed by atoms with Gasteiger partial charge in [-0.15, -0.1) is 0 Å². The van der Waals surface area contributed by atoms with Gasteiger partial charge >= 0.3 is 0 Å². The molecule has 142 valence electrons.